The van der Waals surface area contributed by atoms with E-state index in [4.69, 9.17) is 23.1 Å². The molecule has 0 saturated carbocycles. The van der Waals surface area contributed by atoms with Gasteiger partial charge < -0.3 is 16.8 Å². The zero-order valence-corrected chi connectivity index (χ0v) is 11.0. The van der Waals surface area contributed by atoms with Crippen LogP contribution in [0.25, 0.3) is 0 Å². The molecule has 0 spiro atoms. The van der Waals surface area contributed by atoms with E-state index in [1.165, 1.54) is 7.05 Å². The maximum atomic E-state index is 11.6. The van der Waals surface area contributed by atoms with Crippen LogP contribution in [0, 0.1) is 0 Å². The van der Waals surface area contributed by atoms with E-state index in [0.717, 1.165) is 5.56 Å². The minimum absolute atomic E-state index is 0.0251. The summed E-state index contributed by atoms with van der Waals surface area (Å²) >= 11 is 6.04. The Labute approximate surface area is 110 Å². The van der Waals surface area contributed by atoms with Crippen molar-refractivity contribution in [2.45, 2.75) is 13.3 Å². The molecule has 6 nitrogen and oxygen atoms in total. The molecule has 98 valence electrons. The van der Waals surface area contributed by atoms with Crippen LogP contribution >= 0.6 is 11.6 Å². The van der Waals surface area contributed by atoms with E-state index in [0.29, 0.717) is 22.8 Å². The molecular formula is C11H16ClN5O. The Bertz CT molecular complexity index is 487. The molecule has 1 rings (SSSR count). The second-order valence-corrected chi connectivity index (χ2v) is 3.99. The molecule has 2 amide bonds. The third kappa shape index (κ3) is 3.53. The van der Waals surface area contributed by atoms with Gasteiger partial charge in [0.25, 0.3) is 0 Å². The number of aliphatic imine (C=N–C) groups is 1. The number of rotatable bonds is 2. The van der Waals surface area contributed by atoms with E-state index in [-0.39, 0.29) is 5.96 Å². The van der Waals surface area contributed by atoms with Gasteiger partial charge in [0.2, 0.25) is 0 Å². The van der Waals surface area contributed by atoms with Gasteiger partial charge in [0, 0.05) is 12.7 Å². The average molecular weight is 270 g/mol. The lowest BCUT2D eigenvalue weighted by Crippen LogP contribution is -2.39. The summed E-state index contributed by atoms with van der Waals surface area (Å²) in [6.45, 7) is 1.94. The first-order chi connectivity index (χ1) is 8.47. The number of nitrogens with one attached hydrogen (secondary N) is 2. The Kier molecular flexibility index (Phi) is 4.79. The molecule has 0 aliphatic rings. The number of halogens is 1. The zero-order chi connectivity index (χ0) is 13.7. The third-order valence-corrected chi connectivity index (χ3v) is 2.59. The van der Waals surface area contributed by atoms with Crippen LogP contribution in [0.4, 0.5) is 16.2 Å². The van der Waals surface area contributed by atoms with Crippen molar-refractivity contribution in [3.63, 3.8) is 0 Å². The Morgan fingerprint density at radius 2 is 2.17 bits per heavy atom. The molecule has 0 atom stereocenters. The molecule has 0 bridgehead atoms. The molecule has 7 heteroatoms. The van der Waals surface area contributed by atoms with Crippen LogP contribution in [-0.2, 0) is 6.42 Å². The second kappa shape index (κ2) is 6.11. The number of nitrogen functional groups attached to an aromatic ring is 1. The quantitative estimate of drug-likeness (QED) is 0.372. The molecule has 0 saturated heterocycles. The highest BCUT2D eigenvalue weighted by Crippen LogP contribution is 2.29. The minimum atomic E-state index is -0.500. The highest BCUT2D eigenvalue weighted by molar-refractivity contribution is 6.34. The second-order valence-electron chi connectivity index (χ2n) is 3.58. The summed E-state index contributed by atoms with van der Waals surface area (Å²) in [5.74, 6) is 0.0251. The first kappa shape index (κ1) is 14.1. The van der Waals surface area contributed by atoms with E-state index in [1.807, 2.05) is 6.92 Å². The van der Waals surface area contributed by atoms with Crippen LogP contribution in [0.15, 0.2) is 17.1 Å². The molecule has 0 aromatic heterocycles. The molecule has 1 aromatic rings. The van der Waals surface area contributed by atoms with Crippen molar-refractivity contribution in [1.82, 2.24) is 5.32 Å². The minimum Gasteiger partial charge on any atom is -0.399 e. The topological polar surface area (TPSA) is 106 Å². The number of nitrogens with two attached hydrogens (primary N) is 2. The fourth-order valence-corrected chi connectivity index (χ4v) is 1.72. The van der Waals surface area contributed by atoms with Crippen LogP contribution in [0.5, 0.6) is 0 Å². The molecule has 1 aromatic carbocycles. The molecule has 0 radical (unpaired) electrons. The van der Waals surface area contributed by atoms with E-state index < -0.39 is 6.03 Å². The van der Waals surface area contributed by atoms with Crippen molar-refractivity contribution >= 4 is 35.0 Å². The molecule has 0 aliphatic heterocycles. The number of hydrogen-bond donors (Lipinski definition) is 4. The van der Waals surface area contributed by atoms with Crippen molar-refractivity contribution in [2.24, 2.45) is 10.7 Å². The van der Waals surface area contributed by atoms with E-state index in [2.05, 4.69) is 15.6 Å². The van der Waals surface area contributed by atoms with Crippen LogP contribution in [0.2, 0.25) is 5.02 Å². The smallest absolute Gasteiger partial charge is 0.326 e. The van der Waals surface area contributed by atoms with Gasteiger partial charge in [-0.25, -0.2) is 4.79 Å². The van der Waals surface area contributed by atoms with Gasteiger partial charge in [-0.1, -0.05) is 18.5 Å². The lowest BCUT2D eigenvalue weighted by atomic mass is 10.1. The number of carbonyl (C=O) groups excluding carboxylic acids is 1. The first-order valence-corrected chi connectivity index (χ1v) is 5.73. The molecule has 6 N–H and O–H groups in total. The Morgan fingerprint density at radius 1 is 1.50 bits per heavy atom. The summed E-state index contributed by atoms with van der Waals surface area (Å²) in [6.07, 6.45) is 0.692. The zero-order valence-electron chi connectivity index (χ0n) is 10.2. The third-order valence-electron chi connectivity index (χ3n) is 2.30. The van der Waals surface area contributed by atoms with Gasteiger partial charge in [0.1, 0.15) is 0 Å². The number of guanidine groups is 1. The first-order valence-electron chi connectivity index (χ1n) is 5.36. The Hall–Kier alpha value is -1.95. The normalized spacial score (nSPS) is 11.2. The number of carbonyl (C=O) groups is 1. The maximum Gasteiger partial charge on any atom is 0.326 e. The fourth-order valence-electron chi connectivity index (χ4n) is 1.42. The summed E-state index contributed by atoms with van der Waals surface area (Å²) in [5.41, 5.74) is 13.0. The summed E-state index contributed by atoms with van der Waals surface area (Å²) in [4.78, 5) is 15.2. The van der Waals surface area contributed by atoms with Crippen LogP contribution in [0.3, 0.4) is 0 Å². The van der Waals surface area contributed by atoms with Crippen LogP contribution in [-0.4, -0.2) is 19.0 Å². The molecule has 0 unspecified atom stereocenters. The van der Waals surface area contributed by atoms with Crippen molar-refractivity contribution in [1.29, 1.82) is 0 Å². The standard InChI is InChI=1S/C11H16ClN5O/c1-3-6-4-7(13)5-8(12)9(6)16-11(18)17-10(14)15-2/h4-5H,3,13H2,1-2H3,(H4,14,15,16,17,18). The number of urea groups is 1. The van der Waals surface area contributed by atoms with Gasteiger partial charge in [-0.2, -0.15) is 0 Å². The monoisotopic (exact) mass is 269 g/mol. The Balaban J connectivity index is 2.93. The van der Waals surface area contributed by atoms with Gasteiger partial charge >= 0.3 is 6.03 Å². The van der Waals surface area contributed by atoms with E-state index >= 15 is 0 Å². The number of aryl methyl sites for hydroxylation is 1. The number of hydrogen-bond acceptors (Lipinski definition) is 3. The van der Waals surface area contributed by atoms with Crippen molar-refractivity contribution in [3.8, 4) is 0 Å². The fraction of sp³-hybridized carbons (Fsp3) is 0.273. The highest BCUT2D eigenvalue weighted by atomic mass is 35.5. The number of anilines is 2. The molecular weight excluding hydrogens is 254 g/mol. The van der Waals surface area contributed by atoms with Gasteiger partial charge in [0.05, 0.1) is 10.7 Å². The van der Waals surface area contributed by atoms with Gasteiger partial charge in [-0.3, -0.25) is 10.3 Å². The Morgan fingerprint density at radius 3 is 2.72 bits per heavy atom. The number of nitrogens with zero attached hydrogens (tertiary/aromatic N) is 1. The predicted molar refractivity (Wildman–Crippen MR) is 74.9 cm³/mol. The van der Waals surface area contributed by atoms with Gasteiger partial charge in [0.15, 0.2) is 5.96 Å². The maximum absolute atomic E-state index is 11.6. The van der Waals surface area contributed by atoms with Crippen LogP contribution in [0.1, 0.15) is 12.5 Å². The summed E-state index contributed by atoms with van der Waals surface area (Å²) in [6, 6.07) is 2.84. The highest BCUT2D eigenvalue weighted by Gasteiger charge is 2.11. The van der Waals surface area contributed by atoms with Crippen LogP contribution < -0.4 is 22.1 Å². The van der Waals surface area contributed by atoms with Crippen molar-refractivity contribution in [3.05, 3.63) is 22.7 Å². The van der Waals surface area contributed by atoms with Crippen molar-refractivity contribution < 1.29 is 4.79 Å². The van der Waals surface area contributed by atoms with E-state index in [9.17, 15) is 4.79 Å². The number of benzene rings is 1. The predicted octanol–water partition coefficient (Wildman–Crippen LogP) is 1.55. The molecule has 0 fully saturated rings. The van der Waals surface area contributed by atoms with Gasteiger partial charge in [-0.05, 0) is 24.1 Å². The SMILES string of the molecule is CCc1cc(N)cc(Cl)c1NC(=O)NC(N)=NC. The van der Waals surface area contributed by atoms with E-state index in [1.54, 1.807) is 12.1 Å². The number of amides is 2. The molecule has 0 heterocycles. The lowest BCUT2D eigenvalue weighted by molar-refractivity contribution is 0.256. The summed E-state index contributed by atoms with van der Waals surface area (Å²) in [7, 11) is 1.48. The molecule has 18 heavy (non-hydrogen) atoms. The lowest BCUT2D eigenvalue weighted by Gasteiger charge is -2.13. The largest absolute Gasteiger partial charge is 0.399 e. The average Bonchev–Trinajstić information content (AvgIpc) is 2.31. The van der Waals surface area contributed by atoms with Crippen molar-refractivity contribution in [2.75, 3.05) is 18.1 Å². The van der Waals surface area contributed by atoms with Gasteiger partial charge in [-0.15, -0.1) is 0 Å². The summed E-state index contributed by atoms with van der Waals surface area (Å²) in [5, 5.41) is 5.37. The summed E-state index contributed by atoms with van der Waals surface area (Å²) < 4.78 is 0. The molecule has 0 aliphatic carbocycles.